The third-order valence-corrected chi connectivity index (χ3v) is 2.32. The molecule has 5 heteroatoms. The van der Waals surface area contributed by atoms with Gasteiger partial charge < -0.3 is 11.1 Å². The molecule has 1 atom stereocenters. The number of halogens is 1. The summed E-state index contributed by atoms with van der Waals surface area (Å²) in [6.07, 6.45) is 0.248. The van der Waals surface area contributed by atoms with Gasteiger partial charge >= 0.3 is 0 Å². The second-order valence-electron chi connectivity index (χ2n) is 3.52. The van der Waals surface area contributed by atoms with Gasteiger partial charge in [-0.05, 0) is 25.1 Å². The van der Waals surface area contributed by atoms with Crippen molar-refractivity contribution < 1.29 is 4.79 Å². The van der Waals surface area contributed by atoms with Crippen molar-refractivity contribution in [2.45, 2.75) is 19.4 Å². The topological polar surface area (TPSA) is 78.9 Å². The number of nitriles is 1. The quantitative estimate of drug-likeness (QED) is 0.839. The summed E-state index contributed by atoms with van der Waals surface area (Å²) in [7, 11) is 0. The van der Waals surface area contributed by atoms with E-state index in [1.54, 1.807) is 18.2 Å². The van der Waals surface area contributed by atoms with Crippen LogP contribution in [-0.2, 0) is 4.79 Å². The van der Waals surface area contributed by atoms with Gasteiger partial charge in [0.05, 0.1) is 10.6 Å². The molecule has 84 valence electrons. The molecule has 0 aromatic heterocycles. The number of benzene rings is 1. The van der Waals surface area contributed by atoms with Crippen LogP contribution in [-0.4, -0.2) is 11.9 Å². The van der Waals surface area contributed by atoms with E-state index >= 15 is 0 Å². The first-order chi connectivity index (χ1) is 7.52. The average Bonchev–Trinajstić information content (AvgIpc) is 2.16. The summed E-state index contributed by atoms with van der Waals surface area (Å²) in [5.41, 5.74) is 6.26. The molecule has 0 fully saturated rings. The Morgan fingerprint density at radius 2 is 2.38 bits per heavy atom. The van der Waals surface area contributed by atoms with E-state index in [1.807, 2.05) is 13.0 Å². The minimum atomic E-state index is -0.361. The Labute approximate surface area is 99.0 Å². The molecule has 0 bridgehead atoms. The molecule has 0 aliphatic carbocycles. The smallest absolute Gasteiger partial charge is 0.219 e. The Morgan fingerprint density at radius 3 is 2.88 bits per heavy atom. The predicted octanol–water partition coefficient (Wildman–Crippen LogP) is 1.89. The number of amides is 1. The van der Waals surface area contributed by atoms with E-state index in [2.05, 4.69) is 5.32 Å². The second kappa shape index (κ2) is 5.38. The van der Waals surface area contributed by atoms with Crippen molar-refractivity contribution in [3.05, 3.63) is 28.8 Å². The van der Waals surface area contributed by atoms with Crippen molar-refractivity contribution in [1.82, 2.24) is 0 Å². The van der Waals surface area contributed by atoms with Gasteiger partial charge in [0.2, 0.25) is 5.91 Å². The van der Waals surface area contributed by atoms with Crippen molar-refractivity contribution in [3.63, 3.8) is 0 Å². The number of nitrogens with one attached hydrogen (secondary N) is 1. The Morgan fingerprint density at radius 1 is 1.69 bits per heavy atom. The highest BCUT2D eigenvalue weighted by molar-refractivity contribution is 6.32. The first-order valence-electron chi connectivity index (χ1n) is 4.77. The number of anilines is 1. The molecule has 1 amide bonds. The maximum absolute atomic E-state index is 10.7. The van der Waals surface area contributed by atoms with Crippen LogP contribution in [0.2, 0.25) is 5.02 Å². The maximum Gasteiger partial charge on any atom is 0.219 e. The molecule has 1 unspecified atom stereocenters. The molecule has 4 nitrogen and oxygen atoms in total. The highest BCUT2D eigenvalue weighted by Gasteiger charge is 2.07. The number of nitrogens with two attached hydrogens (primary N) is 1. The van der Waals surface area contributed by atoms with E-state index in [0.29, 0.717) is 10.6 Å². The Bertz CT molecular complexity index is 439. The molecule has 1 aromatic rings. The maximum atomic E-state index is 10.7. The lowest BCUT2D eigenvalue weighted by atomic mass is 10.2. The van der Waals surface area contributed by atoms with E-state index in [0.717, 1.165) is 5.69 Å². The third kappa shape index (κ3) is 3.44. The summed E-state index contributed by atoms with van der Waals surface area (Å²) in [5, 5.41) is 12.2. The van der Waals surface area contributed by atoms with Crippen LogP contribution in [0.25, 0.3) is 0 Å². The van der Waals surface area contributed by atoms with Gasteiger partial charge in [-0.1, -0.05) is 11.6 Å². The first kappa shape index (κ1) is 12.3. The van der Waals surface area contributed by atoms with Gasteiger partial charge in [-0.25, -0.2) is 0 Å². The number of hydrogen-bond acceptors (Lipinski definition) is 3. The predicted molar refractivity (Wildman–Crippen MR) is 63.1 cm³/mol. The van der Waals surface area contributed by atoms with Crippen LogP contribution in [0.1, 0.15) is 18.9 Å². The van der Waals surface area contributed by atoms with Crippen LogP contribution >= 0.6 is 11.6 Å². The zero-order valence-corrected chi connectivity index (χ0v) is 9.58. The molecule has 0 aliphatic heterocycles. The van der Waals surface area contributed by atoms with Crippen LogP contribution < -0.4 is 11.1 Å². The zero-order chi connectivity index (χ0) is 12.1. The Kier molecular flexibility index (Phi) is 4.15. The van der Waals surface area contributed by atoms with Crippen molar-refractivity contribution in [3.8, 4) is 6.07 Å². The zero-order valence-electron chi connectivity index (χ0n) is 8.83. The van der Waals surface area contributed by atoms with E-state index in [4.69, 9.17) is 22.6 Å². The number of nitrogens with zero attached hydrogens (tertiary/aromatic N) is 1. The van der Waals surface area contributed by atoms with Gasteiger partial charge in [0, 0.05) is 18.2 Å². The molecular weight excluding hydrogens is 226 g/mol. The van der Waals surface area contributed by atoms with Gasteiger partial charge in [0.25, 0.3) is 0 Å². The molecule has 3 N–H and O–H groups in total. The number of rotatable bonds is 4. The van der Waals surface area contributed by atoms with Crippen molar-refractivity contribution >= 4 is 23.2 Å². The fourth-order valence-corrected chi connectivity index (χ4v) is 1.56. The van der Waals surface area contributed by atoms with Gasteiger partial charge in [-0.15, -0.1) is 0 Å². The van der Waals surface area contributed by atoms with Gasteiger partial charge in [-0.3, -0.25) is 4.79 Å². The molecule has 1 rings (SSSR count). The molecule has 16 heavy (non-hydrogen) atoms. The van der Waals surface area contributed by atoms with E-state index in [9.17, 15) is 4.79 Å². The standard InChI is InChI=1S/C11H12ClN3O/c1-7(4-11(14)16)15-9-3-2-8(6-13)10(12)5-9/h2-3,5,7,15H,4H2,1H3,(H2,14,16). The molecule has 0 aliphatic rings. The second-order valence-corrected chi connectivity index (χ2v) is 3.93. The molecular formula is C11H12ClN3O. The lowest BCUT2D eigenvalue weighted by Crippen LogP contribution is -2.23. The monoisotopic (exact) mass is 237 g/mol. The fourth-order valence-electron chi connectivity index (χ4n) is 1.33. The fraction of sp³-hybridized carbons (Fsp3) is 0.273. The van der Waals surface area contributed by atoms with E-state index < -0.39 is 0 Å². The number of carbonyl (C=O) groups excluding carboxylic acids is 1. The molecule has 0 spiro atoms. The molecule has 0 saturated heterocycles. The largest absolute Gasteiger partial charge is 0.382 e. The average molecular weight is 238 g/mol. The summed E-state index contributed by atoms with van der Waals surface area (Å²) in [6.45, 7) is 1.84. The van der Waals surface area contributed by atoms with Gasteiger partial charge in [0.1, 0.15) is 6.07 Å². The van der Waals surface area contributed by atoms with Crippen molar-refractivity contribution in [2.75, 3.05) is 5.32 Å². The summed E-state index contributed by atoms with van der Waals surface area (Å²) < 4.78 is 0. The van der Waals surface area contributed by atoms with Crippen LogP contribution in [0, 0.1) is 11.3 Å². The van der Waals surface area contributed by atoms with Crippen LogP contribution in [0.3, 0.4) is 0 Å². The molecule has 0 heterocycles. The number of hydrogen-bond donors (Lipinski definition) is 2. The number of carbonyl (C=O) groups is 1. The lowest BCUT2D eigenvalue weighted by Gasteiger charge is -2.13. The number of primary amides is 1. The molecule has 1 aromatic carbocycles. The summed E-state index contributed by atoms with van der Waals surface area (Å²) in [6, 6.07) is 6.92. The molecule has 0 saturated carbocycles. The summed E-state index contributed by atoms with van der Waals surface area (Å²) in [4.78, 5) is 10.7. The first-order valence-corrected chi connectivity index (χ1v) is 5.15. The summed E-state index contributed by atoms with van der Waals surface area (Å²) >= 11 is 5.86. The van der Waals surface area contributed by atoms with Crippen molar-refractivity contribution in [1.29, 1.82) is 5.26 Å². The third-order valence-electron chi connectivity index (χ3n) is 2.01. The van der Waals surface area contributed by atoms with Crippen LogP contribution in [0.4, 0.5) is 5.69 Å². The lowest BCUT2D eigenvalue weighted by molar-refractivity contribution is -0.118. The summed E-state index contributed by atoms with van der Waals surface area (Å²) in [5.74, 6) is -0.361. The normalized spacial score (nSPS) is 11.6. The molecule has 0 radical (unpaired) electrons. The minimum Gasteiger partial charge on any atom is -0.382 e. The van der Waals surface area contributed by atoms with Crippen molar-refractivity contribution in [2.24, 2.45) is 5.73 Å². The Hall–Kier alpha value is -1.73. The van der Waals surface area contributed by atoms with Gasteiger partial charge in [-0.2, -0.15) is 5.26 Å². The SMILES string of the molecule is CC(CC(N)=O)Nc1ccc(C#N)c(Cl)c1. The van der Waals surface area contributed by atoms with Gasteiger partial charge in [0.15, 0.2) is 0 Å². The highest BCUT2D eigenvalue weighted by atomic mass is 35.5. The van der Waals surface area contributed by atoms with Crippen LogP contribution in [0.5, 0.6) is 0 Å². The van der Waals surface area contributed by atoms with Crippen LogP contribution in [0.15, 0.2) is 18.2 Å². The van der Waals surface area contributed by atoms with E-state index in [1.165, 1.54) is 0 Å². The van der Waals surface area contributed by atoms with E-state index in [-0.39, 0.29) is 18.4 Å². The minimum absolute atomic E-state index is 0.0681. The Balaban J connectivity index is 2.72. The highest BCUT2D eigenvalue weighted by Crippen LogP contribution is 2.20.